The number of carboxylic acid groups (broad SMARTS) is 1. The zero-order valence-corrected chi connectivity index (χ0v) is 15.0. The molecule has 0 saturated heterocycles. The lowest BCUT2D eigenvalue weighted by molar-refractivity contribution is -0.138. The second-order valence-corrected chi connectivity index (χ2v) is 7.32. The summed E-state index contributed by atoms with van der Waals surface area (Å²) in [4.78, 5) is 25.2. The van der Waals surface area contributed by atoms with Gasteiger partial charge in [-0.2, -0.15) is 0 Å². The highest BCUT2D eigenvalue weighted by Crippen LogP contribution is 2.48. The van der Waals surface area contributed by atoms with Gasteiger partial charge in [-0.05, 0) is 52.8 Å². The van der Waals surface area contributed by atoms with Crippen molar-refractivity contribution >= 4 is 41.3 Å². The van der Waals surface area contributed by atoms with Gasteiger partial charge in [0.1, 0.15) is 0 Å². The first-order valence-corrected chi connectivity index (χ1v) is 8.93. The van der Waals surface area contributed by atoms with Crippen molar-refractivity contribution in [2.45, 2.75) is 25.8 Å². The van der Waals surface area contributed by atoms with Crippen molar-refractivity contribution < 1.29 is 14.7 Å². The molecule has 1 fully saturated rings. The quantitative estimate of drug-likeness (QED) is 0.846. The van der Waals surface area contributed by atoms with Crippen molar-refractivity contribution in [2.24, 2.45) is 5.92 Å². The molecule has 1 aliphatic heterocycles. The number of amides is 1. The predicted molar refractivity (Wildman–Crippen MR) is 102 cm³/mol. The van der Waals surface area contributed by atoms with Crippen LogP contribution in [-0.2, 0) is 16.1 Å². The minimum Gasteiger partial charge on any atom is -0.481 e. The third-order valence-electron chi connectivity index (χ3n) is 5.13. The fourth-order valence-corrected chi connectivity index (χ4v) is 3.79. The Morgan fingerprint density at radius 1 is 1.12 bits per heavy atom. The fourth-order valence-electron chi connectivity index (χ4n) is 3.61. The zero-order valence-electron chi connectivity index (χ0n) is 14.3. The summed E-state index contributed by atoms with van der Waals surface area (Å²) >= 11 is 6.11. The molecule has 132 valence electrons. The smallest absolute Gasteiger partial charge is 0.307 e. The molecule has 2 atom stereocenters. The highest BCUT2D eigenvalue weighted by Gasteiger charge is 2.44. The van der Waals surface area contributed by atoms with Crippen molar-refractivity contribution in [3.8, 4) is 0 Å². The van der Waals surface area contributed by atoms with Crippen molar-refractivity contribution in [3.63, 3.8) is 0 Å². The molecule has 2 aliphatic rings. The summed E-state index contributed by atoms with van der Waals surface area (Å²) in [6.07, 6.45) is 4.67. The Labute approximate surface area is 156 Å². The first kappa shape index (κ1) is 16.9. The van der Waals surface area contributed by atoms with Gasteiger partial charge in [0.25, 0.3) is 0 Å². The zero-order chi connectivity index (χ0) is 18.4. The van der Waals surface area contributed by atoms with Gasteiger partial charge in [-0.1, -0.05) is 42.0 Å². The van der Waals surface area contributed by atoms with Crippen LogP contribution in [0.25, 0.3) is 12.2 Å². The minimum atomic E-state index is -0.738. The Kier molecular flexibility index (Phi) is 4.08. The van der Waals surface area contributed by atoms with Gasteiger partial charge in [-0.3, -0.25) is 9.59 Å². The topological polar surface area (TPSA) is 57.6 Å². The van der Waals surface area contributed by atoms with E-state index in [1.165, 1.54) is 0 Å². The number of benzene rings is 2. The highest BCUT2D eigenvalue weighted by atomic mass is 35.5. The van der Waals surface area contributed by atoms with E-state index in [-0.39, 0.29) is 17.7 Å². The van der Waals surface area contributed by atoms with E-state index in [0.717, 1.165) is 27.9 Å². The van der Waals surface area contributed by atoms with Gasteiger partial charge in [0.05, 0.1) is 18.2 Å². The first-order chi connectivity index (χ1) is 12.4. The van der Waals surface area contributed by atoms with Crippen molar-refractivity contribution in [2.75, 3.05) is 4.90 Å². The molecule has 2 aromatic rings. The van der Waals surface area contributed by atoms with Crippen LogP contribution in [0, 0.1) is 5.92 Å². The normalized spacial score (nSPS) is 21.8. The van der Waals surface area contributed by atoms with Crippen LogP contribution in [0.15, 0.2) is 36.4 Å². The first-order valence-electron chi connectivity index (χ1n) is 8.55. The van der Waals surface area contributed by atoms with Gasteiger partial charge in [0, 0.05) is 11.9 Å². The SMILES string of the molecule is CC(=O)N1Cc2cc([C@H]3C[C@H]3C(=O)O)ccc2/C=C\c2cc(Cl)ccc21. The van der Waals surface area contributed by atoms with Crippen LogP contribution >= 0.6 is 11.6 Å². The molecule has 0 aromatic heterocycles. The highest BCUT2D eigenvalue weighted by molar-refractivity contribution is 6.30. The van der Waals surface area contributed by atoms with Gasteiger partial charge in [-0.25, -0.2) is 0 Å². The number of halogens is 1. The molecule has 1 saturated carbocycles. The number of rotatable bonds is 2. The Hall–Kier alpha value is -2.59. The molecule has 5 heteroatoms. The second kappa shape index (κ2) is 6.29. The maximum absolute atomic E-state index is 12.3. The molecule has 4 rings (SSSR count). The van der Waals surface area contributed by atoms with Crippen LogP contribution in [0.1, 0.15) is 41.5 Å². The second-order valence-electron chi connectivity index (χ2n) is 6.89. The minimum absolute atomic E-state index is 0.0462. The third-order valence-corrected chi connectivity index (χ3v) is 5.37. The number of anilines is 1. The number of nitrogens with zero attached hydrogens (tertiary/aromatic N) is 1. The summed E-state index contributed by atoms with van der Waals surface area (Å²) in [6, 6.07) is 11.5. The maximum Gasteiger partial charge on any atom is 0.307 e. The molecule has 4 nitrogen and oxygen atoms in total. The Morgan fingerprint density at radius 3 is 2.58 bits per heavy atom. The van der Waals surface area contributed by atoms with E-state index in [0.29, 0.717) is 18.0 Å². The summed E-state index contributed by atoms with van der Waals surface area (Å²) in [5, 5.41) is 9.80. The lowest BCUT2D eigenvalue weighted by atomic mass is 9.97. The van der Waals surface area contributed by atoms with E-state index < -0.39 is 5.97 Å². The predicted octanol–water partition coefficient (Wildman–Crippen LogP) is 4.57. The van der Waals surface area contributed by atoms with Crippen LogP contribution in [0.4, 0.5) is 5.69 Å². The van der Waals surface area contributed by atoms with Gasteiger partial charge in [0.15, 0.2) is 0 Å². The Morgan fingerprint density at radius 2 is 1.88 bits per heavy atom. The molecule has 0 unspecified atom stereocenters. The molecule has 1 N–H and O–H groups in total. The Bertz CT molecular complexity index is 950. The number of hydrogen-bond acceptors (Lipinski definition) is 2. The van der Waals surface area contributed by atoms with Gasteiger partial charge >= 0.3 is 5.97 Å². The molecule has 0 radical (unpaired) electrons. The molecule has 0 bridgehead atoms. The van der Waals surface area contributed by atoms with E-state index in [1.54, 1.807) is 17.9 Å². The van der Waals surface area contributed by atoms with Crippen LogP contribution in [0.3, 0.4) is 0 Å². The molecule has 1 heterocycles. The van der Waals surface area contributed by atoms with Crippen LogP contribution in [0.5, 0.6) is 0 Å². The summed E-state index contributed by atoms with van der Waals surface area (Å²) in [6.45, 7) is 2.00. The van der Waals surface area contributed by atoms with Crippen molar-refractivity contribution in [1.29, 1.82) is 0 Å². The van der Waals surface area contributed by atoms with Crippen LogP contribution < -0.4 is 4.90 Å². The average molecular weight is 368 g/mol. The standard InChI is InChI=1S/C21H18ClNO3/c1-12(24)23-11-16-8-14(18-10-19(18)21(25)26)4-2-13(16)3-5-15-9-17(22)6-7-20(15)23/h2-9,18-19H,10-11H2,1H3,(H,25,26)/b5-3-/t18-,19-/m1/s1. The monoisotopic (exact) mass is 367 g/mol. The molecule has 0 spiro atoms. The number of carboxylic acids is 1. The van der Waals surface area contributed by atoms with E-state index in [4.69, 9.17) is 11.6 Å². The van der Waals surface area contributed by atoms with Crippen LogP contribution in [-0.4, -0.2) is 17.0 Å². The molecule has 1 amide bonds. The van der Waals surface area contributed by atoms with Gasteiger partial charge in [0.2, 0.25) is 5.91 Å². The molecule has 1 aliphatic carbocycles. The number of carbonyl (C=O) groups excluding carboxylic acids is 1. The summed E-state index contributed by atoms with van der Waals surface area (Å²) in [5.74, 6) is -0.999. The average Bonchev–Trinajstić information content (AvgIpc) is 3.37. The fraction of sp³-hybridized carbons (Fsp3) is 0.238. The van der Waals surface area contributed by atoms with E-state index in [1.807, 2.05) is 42.5 Å². The lowest BCUT2D eigenvalue weighted by Crippen LogP contribution is -2.29. The number of aliphatic carboxylic acids is 1. The Balaban J connectivity index is 1.76. The summed E-state index contributed by atoms with van der Waals surface area (Å²) in [7, 11) is 0. The summed E-state index contributed by atoms with van der Waals surface area (Å²) < 4.78 is 0. The molecule has 26 heavy (non-hydrogen) atoms. The largest absolute Gasteiger partial charge is 0.481 e. The number of carbonyl (C=O) groups is 2. The van der Waals surface area contributed by atoms with Crippen molar-refractivity contribution in [1.82, 2.24) is 0 Å². The molecular formula is C21H18ClNO3. The van der Waals surface area contributed by atoms with Crippen molar-refractivity contribution in [3.05, 3.63) is 63.7 Å². The number of fused-ring (bicyclic) bond motifs is 2. The third kappa shape index (κ3) is 3.01. The maximum atomic E-state index is 12.3. The summed E-state index contributed by atoms with van der Waals surface area (Å²) in [5.41, 5.74) is 4.80. The molecule has 2 aromatic carbocycles. The van der Waals surface area contributed by atoms with E-state index in [2.05, 4.69) is 0 Å². The lowest BCUT2D eigenvalue weighted by Gasteiger charge is -2.26. The number of hydrogen-bond donors (Lipinski definition) is 1. The van der Waals surface area contributed by atoms with Gasteiger partial charge < -0.3 is 10.0 Å². The van der Waals surface area contributed by atoms with E-state index >= 15 is 0 Å². The van der Waals surface area contributed by atoms with E-state index in [9.17, 15) is 14.7 Å². The van der Waals surface area contributed by atoms with Gasteiger partial charge in [-0.15, -0.1) is 0 Å². The molecular weight excluding hydrogens is 350 g/mol. The van der Waals surface area contributed by atoms with Crippen LogP contribution in [0.2, 0.25) is 5.02 Å².